The Labute approximate surface area is 232 Å². The molecule has 5 atom stereocenters. The maximum Gasteiger partial charge on any atom is 0.240 e. The molecule has 2 heterocycles. The van der Waals surface area contributed by atoms with E-state index in [0.29, 0.717) is 19.4 Å². The Morgan fingerprint density at radius 1 is 1.24 bits per heavy atom. The van der Waals surface area contributed by atoms with E-state index in [0.717, 1.165) is 12.5 Å². The summed E-state index contributed by atoms with van der Waals surface area (Å²) < 4.78 is 31.6. The number of halogens is 4. The predicted octanol–water partition coefficient (Wildman–Crippen LogP) is 5.92. The number of likely N-dealkylation sites (N-methyl/N-ethyl adjacent to an activating group) is 1. The molecule has 9 heteroatoms. The van der Waals surface area contributed by atoms with Crippen LogP contribution >= 0.6 is 23.2 Å². The van der Waals surface area contributed by atoms with Crippen LogP contribution in [0.25, 0.3) is 0 Å². The van der Waals surface area contributed by atoms with E-state index in [-0.39, 0.29) is 45.1 Å². The van der Waals surface area contributed by atoms with Crippen molar-refractivity contribution in [2.24, 2.45) is 5.41 Å². The molecule has 2 aromatic carbocycles. The van der Waals surface area contributed by atoms with Gasteiger partial charge in [-0.3, -0.25) is 9.69 Å². The van der Waals surface area contributed by atoms with Gasteiger partial charge in [0, 0.05) is 29.1 Å². The van der Waals surface area contributed by atoms with Crippen LogP contribution in [-0.2, 0) is 10.2 Å². The van der Waals surface area contributed by atoms with E-state index in [1.807, 2.05) is 25.7 Å². The Morgan fingerprint density at radius 3 is 2.55 bits per heavy atom. The highest BCUT2D eigenvalue weighted by Crippen LogP contribution is 2.56. The van der Waals surface area contributed by atoms with Crippen LogP contribution in [0.15, 0.2) is 36.4 Å². The topological polar surface area (TPSA) is 67.6 Å². The molecule has 2 aliphatic heterocycles. The minimum Gasteiger partial charge on any atom is -0.394 e. The van der Waals surface area contributed by atoms with Crippen molar-refractivity contribution < 1.29 is 18.7 Å². The van der Waals surface area contributed by atoms with Crippen LogP contribution in [0.5, 0.6) is 0 Å². The summed E-state index contributed by atoms with van der Waals surface area (Å²) >= 11 is 12.3. The maximum atomic E-state index is 15.8. The lowest BCUT2D eigenvalue weighted by molar-refractivity contribution is -0.138. The fraction of sp³-hybridized carbons (Fsp3) is 0.517. The molecule has 204 valence electrons. The van der Waals surface area contributed by atoms with Crippen LogP contribution in [0, 0.1) is 28.4 Å². The molecule has 0 radical (unpaired) electrons. The molecule has 5 nitrogen and oxygen atoms in total. The number of hydrogen-bond acceptors (Lipinski definition) is 4. The molecule has 0 saturated carbocycles. The third-order valence-electron chi connectivity index (χ3n) is 8.07. The number of carbonyl (C=O) groups excluding carboxylic acids is 1. The van der Waals surface area contributed by atoms with Crippen LogP contribution in [-0.4, -0.2) is 59.1 Å². The van der Waals surface area contributed by atoms with Crippen LogP contribution in [0.4, 0.5) is 8.78 Å². The lowest BCUT2D eigenvalue weighted by Crippen LogP contribution is -2.50. The molecule has 38 heavy (non-hydrogen) atoms. The number of carbonyl (C=O) groups is 1. The van der Waals surface area contributed by atoms with Crippen molar-refractivity contribution in [3.63, 3.8) is 0 Å². The Hall–Kier alpha value is -2.24. The Bertz CT molecular complexity index is 1260. The van der Waals surface area contributed by atoms with Gasteiger partial charge in [0.05, 0.1) is 29.8 Å². The zero-order valence-electron chi connectivity index (χ0n) is 22.0. The average molecular weight is 565 g/mol. The molecular weight excluding hydrogens is 531 g/mol. The number of nitriles is 1. The van der Waals surface area contributed by atoms with Crippen molar-refractivity contribution in [2.45, 2.75) is 69.5 Å². The normalized spacial score (nSPS) is 28.1. The number of aliphatic hydroxyl groups excluding tert-OH is 1. The van der Waals surface area contributed by atoms with Gasteiger partial charge in [-0.25, -0.2) is 8.78 Å². The smallest absolute Gasteiger partial charge is 0.240 e. The van der Waals surface area contributed by atoms with E-state index in [1.165, 1.54) is 24.3 Å². The second-order valence-electron chi connectivity index (χ2n) is 11.6. The molecule has 1 amide bonds. The minimum atomic E-state index is -1.66. The number of benzene rings is 2. The predicted molar refractivity (Wildman–Crippen MR) is 144 cm³/mol. The number of rotatable bonds is 5. The van der Waals surface area contributed by atoms with E-state index < -0.39 is 35.1 Å². The fourth-order valence-corrected chi connectivity index (χ4v) is 6.79. The van der Waals surface area contributed by atoms with Gasteiger partial charge in [-0.05, 0) is 55.5 Å². The van der Waals surface area contributed by atoms with Crippen LogP contribution < -0.4 is 0 Å². The first kappa shape index (κ1) is 28.8. The SMILES string of the molecule is CN1C(C(=O)N2CCC[C@@H]2CO)C(c2cccc(Cl)c2F)C(C#N)(c2ccc(Cl)cc2F)C1CC(C)(C)C. The molecular formula is C29H33Cl2F2N3O2. The number of amides is 1. The van der Waals surface area contributed by atoms with E-state index in [2.05, 4.69) is 6.07 Å². The molecule has 4 rings (SSSR count). The highest BCUT2D eigenvalue weighted by molar-refractivity contribution is 6.31. The van der Waals surface area contributed by atoms with E-state index in [4.69, 9.17) is 23.2 Å². The second-order valence-corrected chi connectivity index (χ2v) is 12.5. The van der Waals surface area contributed by atoms with E-state index >= 15 is 8.78 Å². The van der Waals surface area contributed by atoms with E-state index in [1.54, 1.807) is 18.0 Å². The molecule has 1 N–H and O–H groups in total. The zero-order valence-corrected chi connectivity index (χ0v) is 23.5. The fourth-order valence-electron chi connectivity index (χ4n) is 6.45. The lowest BCUT2D eigenvalue weighted by Gasteiger charge is -2.38. The lowest BCUT2D eigenvalue weighted by atomic mass is 9.62. The van der Waals surface area contributed by atoms with Crippen molar-refractivity contribution in [1.29, 1.82) is 5.26 Å². The van der Waals surface area contributed by atoms with Gasteiger partial charge in [-0.15, -0.1) is 0 Å². The average Bonchev–Trinajstić information content (AvgIpc) is 3.41. The molecule has 0 aliphatic carbocycles. The van der Waals surface area contributed by atoms with Crippen molar-refractivity contribution in [3.05, 3.63) is 69.2 Å². The summed E-state index contributed by atoms with van der Waals surface area (Å²) in [6.45, 7) is 6.27. The molecule has 0 aromatic heterocycles. The highest BCUT2D eigenvalue weighted by Gasteiger charge is 2.64. The van der Waals surface area contributed by atoms with Gasteiger partial charge in [0.15, 0.2) is 0 Å². The largest absolute Gasteiger partial charge is 0.394 e. The summed E-state index contributed by atoms with van der Waals surface area (Å²) in [6.07, 6.45) is 1.80. The summed E-state index contributed by atoms with van der Waals surface area (Å²) in [5.41, 5.74) is -1.84. The molecule has 2 saturated heterocycles. The van der Waals surface area contributed by atoms with Crippen LogP contribution in [0.2, 0.25) is 10.0 Å². The summed E-state index contributed by atoms with van der Waals surface area (Å²) in [6, 6.07) is 9.00. The highest BCUT2D eigenvalue weighted by atomic mass is 35.5. The number of nitrogens with zero attached hydrogens (tertiary/aromatic N) is 3. The minimum absolute atomic E-state index is 0.0605. The zero-order chi connectivity index (χ0) is 28.0. The summed E-state index contributed by atoms with van der Waals surface area (Å²) in [4.78, 5) is 17.7. The van der Waals surface area contributed by atoms with Gasteiger partial charge in [0.25, 0.3) is 0 Å². The third-order valence-corrected chi connectivity index (χ3v) is 8.60. The van der Waals surface area contributed by atoms with Crippen molar-refractivity contribution in [3.8, 4) is 6.07 Å². The van der Waals surface area contributed by atoms with Gasteiger partial charge >= 0.3 is 0 Å². The Balaban J connectivity index is 2.05. The van der Waals surface area contributed by atoms with Crippen molar-refractivity contribution >= 4 is 29.1 Å². The number of likely N-dealkylation sites (tertiary alicyclic amines) is 2. The summed E-state index contributed by atoms with van der Waals surface area (Å²) in [5, 5.41) is 21.0. The standard InChI is InChI=1S/C29H33Cl2F2N3O2/c1-28(2,3)14-23-29(16-34,20-11-10-17(30)13-22(20)32)24(19-8-5-9-21(31)25(19)33)26(35(23)4)27(38)36-12-6-7-18(36)15-37/h5,8-11,13,18,23-24,26,37H,6-7,12,14-15H2,1-4H3/t18-,23?,24?,26?,29?/m1/s1. The Kier molecular flexibility index (Phi) is 8.12. The molecule has 0 spiro atoms. The molecule has 2 aliphatic rings. The van der Waals surface area contributed by atoms with Crippen LogP contribution in [0.3, 0.4) is 0 Å². The van der Waals surface area contributed by atoms with Gasteiger partial charge in [0.1, 0.15) is 17.0 Å². The van der Waals surface area contributed by atoms with Gasteiger partial charge in [-0.1, -0.05) is 62.2 Å². The van der Waals surface area contributed by atoms with Crippen molar-refractivity contribution in [2.75, 3.05) is 20.2 Å². The number of aliphatic hydroxyl groups is 1. The first-order chi connectivity index (χ1) is 17.9. The second kappa shape index (κ2) is 10.7. The summed E-state index contributed by atoms with van der Waals surface area (Å²) in [5.74, 6) is -2.84. The molecule has 4 unspecified atom stereocenters. The molecule has 2 fully saturated rings. The maximum absolute atomic E-state index is 15.8. The van der Waals surface area contributed by atoms with E-state index in [9.17, 15) is 15.2 Å². The number of hydrogen-bond donors (Lipinski definition) is 1. The Morgan fingerprint density at radius 2 is 1.95 bits per heavy atom. The molecule has 0 bridgehead atoms. The van der Waals surface area contributed by atoms with Crippen molar-refractivity contribution in [1.82, 2.24) is 9.80 Å². The summed E-state index contributed by atoms with van der Waals surface area (Å²) in [7, 11) is 1.74. The van der Waals surface area contributed by atoms with Gasteiger partial charge in [0.2, 0.25) is 5.91 Å². The van der Waals surface area contributed by atoms with Gasteiger partial charge < -0.3 is 10.0 Å². The molecule has 2 aromatic rings. The first-order valence-corrected chi connectivity index (χ1v) is 13.6. The first-order valence-electron chi connectivity index (χ1n) is 12.8. The van der Waals surface area contributed by atoms with Crippen LogP contribution in [0.1, 0.15) is 57.1 Å². The quantitative estimate of drug-likeness (QED) is 0.490. The monoisotopic (exact) mass is 563 g/mol. The van der Waals surface area contributed by atoms with Gasteiger partial charge in [-0.2, -0.15) is 5.26 Å². The third kappa shape index (κ3) is 4.81.